The summed E-state index contributed by atoms with van der Waals surface area (Å²) in [5.41, 5.74) is 13.3. The first-order valence-electron chi connectivity index (χ1n) is 22.2. The number of hydrogen-bond donors (Lipinski definition) is 0. The number of aromatic nitrogens is 2. The van der Waals surface area contributed by atoms with Crippen LogP contribution in [0.1, 0.15) is 105 Å². The Balaban J connectivity index is 0.00000560. The van der Waals surface area contributed by atoms with Gasteiger partial charge in [-0.25, -0.2) is 4.98 Å². The third-order valence-electron chi connectivity index (χ3n) is 12.3. The van der Waals surface area contributed by atoms with Crippen LogP contribution in [0.4, 0.5) is 22.7 Å². The molecule has 8 aromatic rings. The number of fused-ring (bicyclic) bond motifs is 4. The number of hydrogen-bond acceptors (Lipinski definition) is 4. The van der Waals surface area contributed by atoms with E-state index in [1.54, 1.807) is 0 Å². The summed E-state index contributed by atoms with van der Waals surface area (Å²) in [4.78, 5) is 9.52. The maximum absolute atomic E-state index is 6.89. The van der Waals surface area contributed by atoms with Crippen LogP contribution in [0.5, 0.6) is 11.5 Å². The molecule has 0 spiro atoms. The van der Waals surface area contributed by atoms with Crippen molar-refractivity contribution in [3.8, 4) is 28.4 Å². The van der Waals surface area contributed by atoms with Crippen molar-refractivity contribution in [3.05, 3.63) is 175 Å². The van der Waals surface area contributed by atoms with E-state index in [1.807, 2.05) is 12.3 Å². The first kappa shape index (κ1) is 44.9. The average molecular weight is 1020 g/mol. The van der Waals surface area contributed by atoms with Crippen molar-refractivity contribution in [1.82, 2.24) is 9.55 Å². The number of benzene rings is 6. The zero-order valence-corrected chi connectivity index (χ0v) is 41.6. The van der Waals surface area contributed by atoms with E-state index in [-0.39, 0.29) is 42.7 Å². The molecule has 6 heteroatoms. The fourth-order valence-electron chi connectivity index (χ4n) is 8.43. The zero-order chi connectivity index (χ0) is 44.6. The third kappa shape index (κ3) is 8.64. The van der Waals surface area contributed by atoms with Crippen LogP contribution in [0.2, 0.25) is 0 Å². The molecular weight excluding hydrogens is 964 g/mol. The van der Waals surface area contributed by atoms with E-state index in [0.717, 1.165) is 61.5 Å². The van der Waals surface area contributed by atoms with Crippen LogP contribution < -0.4 is 14.5 Å². The van der Waals surface area contributed by atoms with Crippen LogP contribution in [-0.2, 0) is 42.7 Å². The van der Waals surface area contributed by atoms with Gasteiger partial charge in [0.2, 0.25) is 0 Å². The van der Waals surface area contributed by atoms with Crippen LogP contribution in [-0.4, -0.2) is 9.55 Å². The van der Waals surface area contributed by atoms with Gasteiger partial charge in [0.15, 0.2) is 0 Å². The van der Waals surface area contributed by atoms with Crippen molar-refractivity contribution in [1.29, 1.82) is 0 Å². The Hall–Kier alpha value is -5.64. The molecule has 6 aromatic carbocycles. The molecule has 2 aromatic heterocycles. The molecule has 1 aliphatic heterocycles. The summed E-state index contributed by atoms with van der Waals surface area (Å²) < 4.78 is 9.12. The monoisotopic (exact) mass is 1020 g/mol. The van der Waals surface area contributed by atoms with Gasteiger partial charge in [-0.05, 0) is 97.3 Å². The Bertz CT molecular complexity index is 2980. The van der Waals surface area contributed by atoms with Crippen LogP contribution >= 0.6 is 0 Å². The summed E-state index contributed by atoms with van der Waals surface area (Å²) in [6, 6.07) is 53.3. The van der Waals surface area contributed by atoms with Crippen molar-refractivity contribution < 1.29 is 25.8 Å². The van der Waals surface area contributed by atoms with Gasteiger partial charge >= 0.3 is 0 Å². The van der Waals surface area contributed by atoms with E-state index in [9.17, 15) is 0 Å². The molecule has 0 unspecified atom stereocenters. The van der Waals surface area contributed by atoms with Gasteiger partial charge in [0, 0.05) is 61.3 Å². The third-order valence-corrected chi connectivity index (χ3v) is 12.3. The van der Waals surface area contributed by atoms with Crippen molar-refractivity contribution in [2.24, 2.45) is 0 Å². The molecule has 64 heavy (non-hydrogen) atoms. The fraction of sp³-hybridized carbons (Fsp3) is 0.276. The minimum atomic E-state index is -0.163. The van der Waals surface area contributed by atoms with Crippen molar-refractivity contribution in [2.75, 3.05) is 9.80 Å². The topological polar surface area (TPSA) is 33.5 Å². The number of pyridine rings is 1. The molecule has 5 nitrogen and oxygen atoms in total. The van der Waals surface area contributed by atoms with Gasteiger partial charge in [0.25, 0.3) is 0 Å². The van der Waals surface area contributed by atoms with Gasteiger partial charge in [-0.3, -0.25) is 0 Å². The largest absolute Gasteiger partial charge is 0.509 e. The number of ether oxygens (including phenoxy) is 1. The minimum Gasteiger partial charge on any atom is -0.509 e. The molecule has 0 amide bonds. The molecule has 330 valence electrons. The summed E-state index contributed by atoms with van der Waals surface area (Å²) in [6.07, 6.45) is 1.92. The number of rotatable bonds is 6. The Morgan fingerprint density at radius 1 is 0.500 bits per heavy atom. The predicted octanol–water partition coefficient (Wildman–Crippen LogP) is 15.8. The second kappa shape index (κ2) is 16.4. The average Bonchev–Trinajstić information content (AvgIpc) is 3.78. The quantitative estimate of drug-likeness (QED) is 0.155. The maximum atomic E-state index is 6.89. The molecule has 0 atom stereocenters. The van der Waals surface area contributed by atoms with Gasteiger partial charge < -0.3 is 19.1 Å². The van der Waals surface area contributed by atoms with Gasteiger partial charge in [0.05, 0.1) is 0 Å². The first-order chi connectivity index (χ1) is 29.7. The van der Waals surface area contributed by atoms with Crippen molar-refractivity contribution in [2.45, 2.75) is 105 Å². The van der Waals surface area contributed by atoms with E-state index in [0.29, 0.717) is 11.5 Å². The van der Waals surface area contributed by atoms with Gasteiger partial charge in [0.1, 0.15) is 5.82 Å². The zero-order valence-electron chi connectivity index (χ0n) is 39.3. The van der Waals surface area contributed by atoms with Crippen LogP contribution in [0.25, 0.3) is 38.8 Å². The molecule has 0 N–H and O–H groups in total. The van der Waals surface area contributed by atoms with E-state index >= 15 is 0 Å². The molecule has 0 fully saturated rings. The van der Waals surface area contributed by atoms with Crippen molar-refractivity contribution in [3.63, 3.8) is 0 Å². The maximum Gasteiger partial charge on any atom is 0.135 e. The second-order valence-corrected chi connectivity index (χ2v) is 21.3. The van der Waals surface area contributed by atoms with Crippen LogP contribution in [0.3, 0.4) is 0 Å². The fourth-order valence-corrected chi connectivity index (χ4v) is 8.43. The summed E-state index contributed by atoms with van der Waals surface area (Å²) in [5.74, 6) is 2.09. The van der Waals surface area contributed by atoms with E-state index in [2.05, 4.69) is 238 Å². The summed E-state index contributed by atoms with van der Waals surface area (Å²) in [6.45, 7) is 29.4. The van der Waals surface area contributed by atoms with E-state index < -0.39 is 0 Å². The molecule has 0 radical (unpaired) electrons. The molecule has 0 saturated carbocycles. The predicted molar refractivity (Wildman–Crippen MR) is 264 cm³/mol. The standard InChI is InChI=1S/C58H59N4O.Pt/c1-55(2,3)40-26-27-59-54(34-40)62-50-25-22-39(38-18-14-13-15-19-38)28-49(50)48-24-23-46(36-53(48)62)63-47-33-43(58(10,11)12)32-45(35-47)61-37-60(51-20-16-17-21-52(51)61)44-30-41(56(4,5)6)29-42(31-44)57(7,8)9;/h13-34,37H,1-12H3;/q-3;. The Morgan fingerprint density at radius 3 is 1.75 bits per heavy atom. The normalized spacial score (nSPS) is 13.4. The van der Waals surface area contributed by atoms with E-state index in [4.69, 9.17) is 9.72 Å². The minimum absolute atomic E-state index is 0. The number of nitrogens with zero attached hydrogens (tertiary/aromatic N) is 4. The smallest absolute Gasteiger partial charge is 0.135 e. The molecule has 0 saturated heterocycles. The van der Waals surface area contributed by atoms with Crippen molar-refractivity contribution >= 4 is 44.6 Å². The summed E-state index contributed by atoms with van der Waals surface area (Å²) in [5, 5.41) is 2.22. The summed E-state index contributed by atoms with van der Waals surface area (Å²) in [7, 11) is 0. The Morgan fingerprint density at radius 2 is 1.11 bits per heavy atom. The van der Waals surface area contributed by atoms with E-state index in [1.165, 1.54) is 22.3 Å². The second-order valence-electron chi connectivity index (χ2n) is 21.3. The van der Waals surface area contributed by atoms with Crippen LogP contribution in [0.15, 0.2) is 134 Å². The first-order valence-corrected chi connectivity index (χ1v) is 22.2. The van der Waals surface area contributed by atoms with Gasteiger partial charge in [-0.15, -0.1) is 53.6 Å². The SMILES string of the molecule is CC(C)(C)c1cc(Oc2[c-]c3c(cc2)c2cc(-c4ccccc4)ccc2n3-c2cc(C(C)(C)C)ccn2)[c-]c(N2[CH-]N(c3cc(C(C)(C)C)cc(C(C)(C)C)c3)c3ccccc32)c1.[Pt]. The Labute approximate surface area is 395 Å². The molecule has 0 aliphatic carbocycles. The molecule has 0 bridgehead atoms. The van der Waals surface area contributed by atoms with Crippen LogP contribution in [0, 0.1) is 18.8 Å². The number of para-hydroxylation sites is 2. The van der Waals surface area contributed by atoms with Gasteiger partial charge in [-0.1, -0.05) is 149 Å². The summed E-state index contributed by atoms with van der Waals surface area (Å²) >= 11 is 0. The molecule has 9 rings (SSSR count). The number of anilines is 4. The Kier molecular flexibility index (Phi) is 11.5. The molecule has 3 heterocycles. The molecular formula is C58H59N4OPt-3. The van der Waals surface area contributed by atoms with Gasteiger partial charge in [-0.2, -0.15) is 6.07 Å². The molecule has 1 aliphatic rings.